The molecule has 0 fully saturated rings. The van der Waals surface area contributed by atoms with E-state index in [0.29, 0.717) is 6.54 Å². The summed E-state index contributed by atoms with van der Waals surface area (Å²) in [5, 5.41) is 2.74. The number of alkyl halides is 2. The predicted molar refractivity (Wildman–Crippen MR) is 64.0 cm³/mol. The Hall–Kier alpha value is -0.650. The van der Waals surface area contributed by atoms with Crippen molar-refractivity contribution in [2.45, 2.75) is 17.4 Å². The first-order valence-electron chi connectivity index (χ1n) is 5.03. The molecule has 3 N–H and O–H groups in total. The Morgan fingerprint density at radius 1 is 1.31 bits per heavy atom. The molecule has 0 bridgehead atoms. The van der Waals surface area contributed by atoms with Crippen molar-refractivity contribution in [2.24, 2.45) is 5.73 Å². The molecule has 5 heteroatoms. The summed E-state index contributed by atoms with van der Waals surface area (Å²) in [6, 6.07) is 7.56. The van der Waals surface area contributed by atoms with Crippen LogP contribution in [0.15, 0.2) is 29.2 Å². The molecule has 0 aliphatic rings. The smallest absolute Gasteiger partial charge is 0.250 e. The van der Waals surface area contributed by atoms with Gasteiger partial charge in [0.25, 0.3) is 6.43 Å². The van der Waals surface area contributed by atoms with Gasteiger partial charge < -0.3 is 11.1 Å². The molecule has 0 saturated heterocycles. The van der Waals surface area contributed by atoms with Crippen LogP contribution in [0.5, 0.6) is 0 Å². The van der Waals surface area contributed by atoms with Crippen molar-refractivity contribution < 1.29 is 8.78 Å². The lowest BCUT2D eigenvalue weighted by atomic mass is 10.1. The van der Waals surface area contributed by atoms with Crippen LogP contribution in [0.3, 0.4) is 0 Å². The molecule has 0 heterocycles. The Morgan fingerprint density at radius 3 is 2.38 bits per heavy atom. The predicted octanol–water partition coefficient (Wildman–Crippen LogP) is 2.26. The zero-order chi connectivity index (χ0) is 12.0. The Kier molecular flexibility index (Phi) is 5.73. The van der Waals surface area contributed by atoms with E-state index in [1.807, 2.05) is 30.5 Å². The Morgan fingerprint density at radius 2 is 1.94 bits per heavy atom. The second kappa shape index (κ2) is 6.83. The summed E-state index contributed by atoms with van der Waals surface area (Å²) in [5.74, 6) is 0. The maximum Gasteiger partial charge on any atom is 0.250 e. The molecule has 1 aromatic rings. The molecule has 1 atom stereocenters. The van der Waals surface area contributed by atoms with Gasteiger partial charge in [-0.05, 0) is 24.0 Å². The van der Waals surface area contributed by atoms with Crippen LogP contribution in [0.25, 0.3) is 0 Å². The average Bonchev–Trinajstić information content (AvgIpc) is 2.30. The lowest BCUT2D eigenvalue weighted by Gasteiger charge is -2.17. The topological polar surface area (TPSA) is 38.0 Å². The molecule has 0 saturated carbocycles. The number of rotatable bonds is 6. The highest BCUT2D eigenvalue weighted by Gasteiger charge is 2.11. The van der Waals surface area contributed by atoms with Crippen molar-refractivity contribution in [2.75, 3.05) is 19.3 Å². The van der Waals surface area contributed by atoms with Gasteiger partial charge in [0, 0.05) is 17.5 Å². The first-order chi connectivity index (χ1) is 7.67. The molecule has 2 nitrogen and oxygen atoms in total. The highest BCUT2D eigenvalue weighted by Crippen LogP contribution is 2.18. The molecular formula is C11H16F2N2S. The van der Waals surface area contributed by atoms with E-state index in [4.69, 9.17) is 5.73 Å². The number of nitrogens with two attached hydrogens (primary N) is 1. The van der Waals surface area contributed by atoms with Gasteiger partial charge >= 0.3 is 0 Å². The van der Waals surface area contributed by atoms with E-state index < -0.39 is 6.43 Å². The average molecular weight is 246 g/mol. The minimum atomic E-state index is -2.35. The number of halogens is 2. The van der Waals surface area contributed by atoms with Gasteiger partial charge in [-0.2, -0.15) is 0 Å². The maximum absolute atomic E-state index is 12.1. The Labute approximate surface area is 98.6 Å². The molecule has 0 radical (unpaired) electrons. The molecule has 1 unspecified atom stereocenters. The van der Waals surface area contributed by atoms with Gasteiger partial charge in [0.05, 0.1) is 6.54 Å². The normalized spacial score (nSPS) is 13.1. The Bertz CT molecular complexity index is 303. The van der Waals surface area contributed by atoms with Gasteiger partial charge in [0.2, 0.25) is 0 Å². The standard InChI is InChI=1S/C11H16F2N2S/c1-16-9-4-2-8(3-5-9)10(6-14)15-7-11(12)13/h2-5,10-11,15H,6-7,14H2,1H3. The van der Waals surface area contributed by atoms with Gasteiger partial charge in [0.1, 0.15) is 0 Å². The minimum Gasteiger partial charge on any atom is -0.329 e. The van der Waals surface area contributed by atoms with Crippen LogP contribution in [0.4, 0.5) is 8.78 Å². The van der Waals surface area contributed by atoms with E-state index in [1.165, 1.54) is 0 Å². The second-order valence-electron chi connectivity index (χ2n) is 3.36. The molecule has 0 aliphatic carbocycles. The summed E-state index contributed by atoms with van der Waals surface area (Å²) in [6.07, 6.45) is -0.357. The highest BCUT2D eigenvalue weighted by molar-refractivity contribution is 7.98. The van der Waals surface area contributed by atoms with Crippen LogP contribution >= 0.6 is 11.8 Å². The van der Waals surface area contributed by atoms with E-state index in [1.54, 1.807) is 11.8 Å². The molecule has 1 rings (SSSR count). The number of hydrogen-bond donors (Lipinski definition) is 2. The van der Waals surface area contributed by atoms with E-state index in [-0.39, 0.29) is 12.6 Å². The quantitative estimate of drug-likeness (QED) is 0.756. The second-order valence-corrected chi connectivity index (χ2v) is 4.24. The van der Waals surface area contributed by atoms with Crippen molar-refractivity contribution in [1.29, 1.82) is 0 Å². The third-order valence-electron chi connectivity index (χ3n) is 2.27. The van der Waals surface area contributed by atoms with Crippen LogP contribution in [-0.4, -0.2) is 25.8 Å². The molecule has 0 aromatic heterocycles. The fourth-order valence-electron chi connectivity index (χ4n) is 1.40. The maximum atomic E-state index is 12.1. The third-order valence-corrected chi connectivity index (χ3v) is 3.02. The molecular weight excluding hydrogens is 230 g/mol. The number of thioether (sulfide) groups is 1. The van der Waals surface area contributed by atoms with Crippen LogP contribution in [0, 0.1) is 0 Å². The van der Waals surface area contributed by atoms with Crippen molar-refractivity contribution >= 4 is 11.8 Å². The van der Waals surface area contributed by atoms with E-state index in [2.05, 4.69) is 5.32 Å². The van der Waals surface area contributed by atoms with Crippen molar-refractivity contribution in [3.8, 4) is 0 Å². The summed E-state index contributed by atoms with van der Waals surface area (Å²) in [7, 11) is 0. The highest BCUT2D eigenvalue weighted by atomic mass is 32.2. The zero-order valence-electron chi connectivity index (χ0n) is 9.12. The van der Waals surface area contributed by atoms with Crippen LogP contribution in [0.2, 0.25) is 0 Å². The largest absolute Gasteiger partial charge is 0.329 e. The minimum absolute atomic E-state index is 0.204. The number of benzene rings is 1. The van der Waals surface area contributed by atoms with Gasteiger partial charge in [-0.15, -0.1) is 11.8 Å². The molecule has 90 valence electrons. The molecule has 16 heavy (non-hydrogen) atoms. The molecule has 0 spiro atoms. The fourth-order valence-corrected chi connectivity index (χ4v) is 1.81. The summed E-state index contributed by atoms with van der Waals surface area (Å²) in [5.41, 5.74) is 6.49. The summed E-state index contributed by atoms with van der Waals surface area (Å²) >= 11 is 1.64. The van der Waals surface area contributed by atoms with Gasteiger partial charge in [-0.25, -0.2) is 8.78 Å². The number of nitrogens with one attached hydrogen (secondary N) is 1. The van der Waals surface area contributed by atoms with E-state index in [0.717, 1.165) is 10.5 Å². The lowest BCUT2D eigenvalue weighted by Crippen LogP contribution is -2.31. The van der Waals surface area contributed by atoms with Crippen molar-refractivity contribution in [3.05, 3.63) is 29.8 Å². The first-order valence-corrected chi connectivity index (χ1v) is 6.25. The lowest BCUT2D eigenvalue weighted by molar-refractivity contribution is 0.141. The first kappa shape index (κ1) is 13.4. The summed E-state index contributed by atoms with van der Waals surface area (Å²) in [4.78, 5) is 1.15. The number of hydrogen-bond acceptors (Lipinski definition) is 3. The van der Waals surface area contributed by atoms with Gasteiger partial charge in [0.15, 0.2) is 0 Å². The zero-order valence-corrected chi connectivity index (χ0v) is 9.94. The van der Waals surface area contributed by atoms with Gasteiger partial charge in [-0.1, -0.05) is 12.1 Å². The molecule has 0 amide bonds. The van der Waals surface area contributed by atoms with Crippen LogP contribution < -0.4 is 11.1 Å². The summed E-state index contributed by atoms with van der Waals surface area (Å²) < 4.78 is 24.1. The van der Waals surface area contributed by atoms with Crippen molar-refractivity contribution in [3.63, 3.8) is 0 Å². The van der Waals surface area contributed by atoms with Gasteiger partial charge in [-0.3, -0.25) is 0 Å². The SMILES string of the molecule is CSc1ccc(C(CN)NCC(F)F)cc1. The van der Waals surface area contributed by atoms with E-state index in [9.17, 15) is 8.78 Å². The molecule has 1 aromatic carbocycles. The fraction of sp³-hybridized carbons (Fsp3) is 0.455. The van der Waals surface area contributed by atoms with Crippen LogP contribution in [0.1, 0.15) is 11.6 Å². The van der Waals surface area contributed by atoms with Crippen LogP contribution in [-0.2, 0) is 0 Å². The monoisotopic (exact) mass is 246 g/mol. The van der Waals surface area contributed by atoms with E-state index >= 15 is 0 Å². The Balaban J connectivity index is 2.63. The summed E-state index contributed by atoms with van der Waals surface area (Å²) in [6.45, 7) is -0.0164. The van der Waals surface area contributed by atoms with Crippen molar-refractivity contribution in [1.82, 2.24) is 5.32 Å². The molecule has 0 aliphatic heterocycles. The third kappa shape index (κ3) is 4.08.